The molecule has 1 aromatic rings. The molecule has 7 heteroatoms. The van der Waals surface area contributed by atoms with Gasteiger partial charge in [-0.3, -0.25) is 0 Å². The zero-order valence-corrected chi connectivity index (χ0v) is 11.6. The lowest BCUT2D eigenvalue weighted by molar-refractivity contribution is 0.368. The van der Waals surface area contributed by atoms with Crippen molar-refractivity contribution in [3.8, 4) is 0 Å². The summed E-state index contributed by atoms with van der Waals surface area (Å²) in [5.74, 6) is 1.22. The minimum Gasteiger partial charge on any atom is -0.418 e. The Morgan fingerprint density at radius 2 is 1.58 bits per heavy atom. The Morgan fingerprint density at radius 1 is 1.05 bits per heavy atom. The third-order valence-corrected chi connectivity index (χ3v) is 2.67. The Morgan fingerprint density at radius 3 is 2.05 bits per heavy atom. The maximum atomic E-state index is 9.75. The molecule has 0 unspecified atom stereocenters. The molecule has 0 bridgehead atoms. The molecule has 0 aromatic carbocycles. The first-order valence-electron chi connectivity index (χ1n) is 6.68. The van der Waals surface area contributed by atoms with E-state index in [1.807, 2.05) is 12.4 Å². The standard InChI is InChI=1S/C12H22N2.BF4/c1-3-4-5-6-7-8-9-12-13-10-11-14(12)2;2-1(3,4)5/h10-11H,3-9H2,1-2H3;/q;-1. The number of aryl methyl sites for hydroxylation is 2. The molecular formula is C12H22BF4N2-. The van der Waals surface area contributed by atoms with Gasteiger partial charge in [0.1, 0.15) is 5.82 Å². The lowest BCUT2D eigenvalue weighted by atomic mass is 10.1. The van der Waals surface area contributed by atoms with Gasteiger partial charge in [-0.2, -0.15) is 0 Å². The molecule has 0 aliphatic heterocycles. The summed E-state index contributed by atoms with van der Waals surface area (Å²) in [6.45, 7) is 2.26. The van der Waals surface area contributed by atoms with Crippen LogP contribution in [-0.4, -0.2) is 16.8 Å². The molecule has 2 nitrogen and oxygen atoms in total. The first-order chi connectivity index (χ1) is 8.84. The fourth-order valence-electron chi connectivity index (χ4n) is 1.70. The highest BCUT2D eigenvalue weighted by atomic mass is 19.5. The summed E-state index contributed by atoms with van der Waals surface area (Å²) in [5, 5.41) is 0. The highest BCUT2D eigenvalue weighted by molar-refractivity contribution is 6.50. The van der Waals surface area contributed by atoms with Gasteiger partial charge in [0.2, 0.25) is 0 Å². The topological polar surface area (TPSA) is 17.8 Å². The summed E-state index contributed by atoms with van der Waals surface area (Å²) < 4.78 is 41.1. The first kappa shape index (κ1) is 18.0. The van der Waals surface area contributed by atoms with Crippen molar-refractivity contribution in [2.45, 2.75) is 51.9 Å². The molecule has 0 radical (unpaired) electrons. The number of unbranched alkanes of at least 4 members (excludes halogenated alkanes) is 5. The smallest absolute Gasteiger partial charge is 0.418 e. The van der Waals surface area contributed by atoms with Crippen molar-refractivity contribution in [2.75, 3.05) is 0 Å². The van der Waals surface area contributed by atoms with Gasteiger partial charge in [-0.25, -0.2) is 4.98 Å². The van der Waals surface area contributed by atoms with E-state index in [1.165, 1.54) is 44.3 Å². The molecule has 0 aliphatic rings. The number of halogens is 4. The van der Waals surface area contributed by atoms with E-state index >= 15 is 0 Å². The summed E-state index contributed by atoms with van der Waals surface area (Å²) in [7, 11) is -3.93. The molecule has 0 fully saturated rings. The lowest BCUT2D eigenvalue weighted by Crippen LogP contribution is -2.02. The van der Waals surface area contributed by atoms with Crippen molar-refractivity contribution in [3.63, 3.8) is 0 Å². The third-order valence-electron chi connectivity index (χ3n) is 2.67. The maximum Gasteiger partial charge on any atom is 0.673 e. The molecule has 0 atom stereocenters. The first-order valence-corrected chi connectivity index (χ1v) is 6.68. The van der Waals surface area contributed by atoms with Crippen LogP contribution in [0.25, 0.3) is 0 Å². The van der Waals surface area contributed by atoms with Gasteiger partial charge in [0, 0.05) is 25.9 Å². The molecule has 0 aliphatic carbocycles. The van der Waals surface area contributed by atoms with Gasteiger partial charge < -0.3 is 21.8 Å². The number of rotatable bonds is 7. The Balaban J connectivity index is 0.000000555. The van der Waals surface area contributed by atoms with Crippen molar-refractivity contribution in [3.05, 3.63) is 18.2 Å². The average molecular weight is 281 g/mol. The van der Waals surface area contributed by atoms with E-state index in [4.69, 9.17) is 0 Å². The SMILES string of the molecule is CCCCCCCCc1nccn1C.F[B-](F)(F)F. The average Bonchev–Trinajstić information content (AvgIpc) is 2.67. The van der Waals surface area contributed by atoms with Crippen molar-refractivity contribution in [2.24, 2.45) is 7.05 Å². The van der Waals surface area contributed by atoms with Crippen LogP contribution in [0.2, 0.25) is 0 Å². The summed E-state index contributed by atoms with van der Waals surface area (Å²) >= 11 is 0. The molecule has 19 heavy (non-hydrogen) atoms. The summed E-state index contributed by atoms with van der Waals surface area (Å²) in [6.07, 6.45) is 13.2. The normalized spacial score (nSPS) is 11.1. The van der Waals surface area contributed by atoms with Crippen molar-refractivity contribution in [1.29, 1.82) is 0 Å². The number of hydrogen-bond donors (Lipinski definition) is 0. The summed E-state index contributed by atoms with van der Waals surface area (Å²) in [6, 6.07) is 0. The van der Waals surface area contributed by atoms with Crippen LogP contribution in [-0.2, 0) is 13.5 Å². The predicted molar refractivity (Wildman–Crippen MR) is 70.5 cm³/mol. The molecule has 0 saturated heterocycles. The largest absolute Gasteiger partial charge is 0.673 e. The highest BCUT2D eigenvalue weighted by Crippen LogP contribution is 2.08. The van der Waals surface area contributed by atoms with E-state index in [0.717, 1.165) is 6.42 Å². The zero-order valence-electron chi connectivity index (χ0n) is 11.6. The van der Waals surface area contributed by atoms with Gasteiger partial charge >= 0.3 is 7.25 Å². The van der Waals surface area contributed by atoms with Crippen LogP contribution in [0.3, 0.4) is 0 Å². The van der Waals surface area contributed by atoms with E-state index < -0.39 is 7.25 Å². The van der Waals surface area contributed by atoms with E-state index in [2.05, 4.69) is 23.5 Å². The van der Waals surface area contributed by atoms with Gasteiger partial charge in [-0.15, -0.1) is 0 Å². The van der Waals surface area contributed by atoms with E-state index in [9.17, 15) is 17.3 Å². The molecule has 112 valence electrons. The van der Waals surface area contributed by atoms with E-state index in [0.29, 0.717) is 0 Å². The van der Waals surface area contributed by atoms with Crippen LogP contribution in [0.1, 0.15) is 51.3 Å². The maximum absolute atomic E-state index is 9.75. The Kier molecular flexibility index (Phi) is 9.34. The van der Waals surface area contributed by atoms with Gasteiger partial charge in [-0.05, 0) is 6.42 Å². The monoisotopic (exact) mass is 281 g/mol. The second-order valence-electron chi connectivity index (χ2n) is 4.47. The Hall–Kier alpha value is -1.01. The quantitative estimate of drug-likeness (QED) is 0.405. The molecular weight excluding hydrogens is 259 g/mol. The number of aromatic nitrogens is 2. The van der Waals surface area contributed by atoms with Gasteiger partial charge in [0.25, 0.3) is 0 Å². The fraction of sp³-hybridized carbons (Fsp3) is 0.750. The molecule has 1 rings (SSSR count). The van der Waals surface area contributed by atoms with Crippen LogP contribution in [0.4, 0.5) is 17.3 Å². The van der Waals surface area contributed by atoms with Gasteiger partial charge in [-0.1, -0.05) is 39.0 Å². The molecule has 0 amide bonds. The van der Waals surface area contributed by atoms with Crippen molar-refractivity contribution in [1.82, 2.24) is 9.55 Å². The van der Waals surface area contributed by atoms with Crippen molar-refractivity contribution >= 4 is 7.25 Å². The fourth-order valence-corrected chi connectivity index (χ4v) is 1.70. The van der Waals surface area contributed by atoms with Gasteiger partial charge in [0.15, 0.2) is 0 Å². The predicted octanol–water partition coefficient (Wildman–Crippen LogP) is 4.62. The Bertz CT molecular complexity index is 320. The third kappa shape index (κ3) is 13.2. The molecule has 0 spiro atoms. The van der Waals surface area contributed by atoms with Crippen molar-refractivity contribution < 1.29 is 17.3 Å². The zero-order chi connectivity index (χ0) is 14.7. The second kappa shape index (κ2) is 9.86. The summed E-state index contributed by atoms with van der Waals surface area (Å²) in [5.41, 5.74) is 0. The number of nitrogens with zero attached hydrogens (tertiary/aromatic N) is 2. The van der Waals surface area contributed by atoms with Crippen LogP contribution in [0.15, 0.2) is 12.4 Å². The Labute approximate surface area is 112 Å². The lowest BCUT2D eigenvalue weighted by Gasteiger charge is -2.01. The second-order valence-corrected chi connectivity index (χ2v) is 4.47. The number of imidazole rings is 1. The molecule has 0 saturated carbocycles. The van der Waals surface area contributed by atoms with Crippen LogP contribution in [0.5, 0.6) is 0 Å². The minimum absolute atomic E-state index is 1.13. The van der Waals surface area contributed by atoms with Crippen LogP contribution >= 0.6 is 0 Å². The molecule has 1 aromatic heterocycles. The summed E-state index contributed by atoms with van der Waals surface area (Å²) in [4.78, 5) is 4.31. The van der Waals surface area contributed by atoms with Gasteiger partial charge in [0.05, 0.1) is 0 Å². The van der Waals surface area contributed by atoms with E-state index in [1.54, 1.807) is 0 Å². The number of hydrogen-bond acceptors (Lipinski definition) is 1. The van der Waals surface area contributed by atoms with Crippen LogP contribution < -0.4 is 0 Å². The van der Waals surface area contributed by atoms with E-state index in [-0.39, 0.29) is 0 Å². The molecule has 1 heterocycles. The van der Waals surface area contributed by atoms with Crippen LogP contribution in [0, 0.1) is 0 Å². The highest BCUT2D eigenvalue weighted by Gasteiger charge is 2.20. The minimum atomic E-state index is -6.00. The molecule has 0 N–H and O–H groups in total.